The van der Waals surface area contributed by atoms with Gasteiger partial charge in [0.05, 0.1) is 10.6 Å². The summed E-state index contributed by atoms with van der Waals surface area (Å²) in [7, 11) is 0. The highest BCUT2D eigenvalue weighted by Crippen LogP contribution is 2.35. The fourth-order valence-corrected chi connectivity index (χ4v) is 2.48. The standard InChI is InChI=1S/C14H11BrCl2FN/c1-14(19,8-2-4-9(16)5-3-8)10-6-7-11(15)12(17)13(10)18/h2-7H,19H2,1H3. The summed E-state index contributed by atoms with van der Waals surface area (Å²) >= 11 is 14.9. The van der Waals surface area contributed by atoms with Gasteiger partial charge in [-0.25, -0.2) is 4.39 Å². The van der Waals surface area contributed by atoms with Gasteiger partial charge in [0.25, 0.3) is 0 Å². The lowest BCUT2D eigenvalue weighted by Crippen LogP contribution is -2.35. The summed E-state index contributed by atoms with van der Waals surface area (Å²) < 4.78 is 14.8. The summed E-state index contributed by atoms with van der Waals surface area (Å²) in [6.45, 7) is 1.74. The minimum absolute atomic E-state index is 0.0307. The first-order valence-corrected chi connectivity index (χ1v) is 7.08. The summed E-state index contributed by atoms with van der Waals surface area (Å²) in [6, 6.07) is 10.3. The van der Waals surface area contributed by atoms with Gasteiger partial charge in [0, 0.05) is 15.1 Å². The van der Waals surface area contributed by atoms with Crippen molar-refractivity contribution in [3.8, 4) is 0 Å². The molecule has 0 aliphatic heterocycles. The average molecular weight is 363 g/mol. The molecule has 2 N–H and O–H groups in total. The van der Waals surface area contributed by atoms with Gasteiger partial charge < -0.3 is 5.73 Å². The molecule has 0 heterocycles. The van der Waals surface area contributed by atoms with Gasteiger partial charge in [0.15, 0.2) is 0 Å². The summed E-state index contributed by atoms with van der Waals surface area (Å²) in [5.74, 6) is -0.518. The quantitative estimate of drug-likeness (QED) is 0.737. The van der Waals surface area contributed by atoms with E-state index in [4.69, 9.17) is 28.9 Å². The second kappa shape index (κ2) is 5.41. The summed E-state index contributed by atoms with van der Waals surface area (Å²) in [5.41, 5.74) is 6.38. The number of halogens is 4. The maximum Gasteiger partial charge on any atom is 0.148 e. The molecule has 1 unspecified atom stereocenters. The lowest BCUT2D eigenvalue weighted by atomic mass is 9.85. The van der Waals surface area contributed by atoms with Gasteiger partial charge in [-0.2, -0.15) is 0 Å². The molecule has 2 rings (SSSR count). The van der Waals surface area contributed by atoms with E-state index >= 15 is 0 Å². The third-order valence-electron chi connectivity index (χ3n) is 3.04. The van der Waals surface area contributed by atoms with Crippen LogP contribution < -0.4 is 5.73 Å². The molecular formula is C14H11BrCl2FN. The molecule has 1 atom stereocenters. The molecule has 0 aromatic heterocycles. The molecular weight excluding hydrogens is 352 g/mol. The Labute approximate surface area is 129 Å². The fraction of sp³-hybridized carbons (Fsp3) is 0.143. The lowest BCUT2D eigenvalue weighted by molar-refractivity contribution is 0.530. The van der Waals surface area contributed by atoms with Crippen LogP contribution in [0.5, 0.6) is 0 Å². The molecule has 0 amide bonds. The summed E-state index contributed by atoms with van der Waals surface area (Å²) in [5, 5.41) is 0.636. The second-order valence-electron chi connectivity index (χ2n) is 4.43. The highest BCUT2D eigenvalue weighted by Gasteiger charge is 2.28. The van der Waals surface area contributed by atoms with Crippen molar-refractivity contribution in [3.63, 3.8) is 0 Å². The van der Waals surface area contributed by atoms with Gasteiger partial charge in [-0.15, -0.1) is 0 Å². The van der Waals surface area contributed by atoms with Crippen molar-refractivity contribution in [2.75, 3.05) is 0 Å². The van der Waals surface area contributed by atoms with Crippen LogP contribution >= 0.6 is 39.1 Å². The fourth-order valence-electron chi connectivity index (χ4n) is 1.88. The van der Waals surface area contributed by atoms with Gasteiger partial charge >= 0.3 is 0 Å². The van der Waals surface area contributed by atoms with E-state index in [0.717, 1.165) is 5.56 Å². The van der Waals surface area contributed by atoms with Gasteiger partial charge in [-0.3, -0.25) is 0 Å². The Hall–Kier alpha value is -0.610. The van der Waals surface area contributed by atoms with E-state index in [0.29, 0.717) is 15.1 Å². The van der Waals surface area contributed by atoms with Crippen LogP contribution in [-0.2, 0) is 5.54 Å². The molecule has 0 saturated carbocycles. The number of benzene rings is 2. The highest BCUT2D eigenvalue weighted by molar-refractivity contribution is 9.10. The van der Waals surface area contributed by atoms with Crippen molar-refractivity contribution in [1.29, 1.82) is 0 Å². The van der Waals surface area contributed by atoms with Crippen molar-refractivity contribution in [2.45, 2.75) is 12.5 Å². The zero-order valence-corrected chi connectivity index (χ0v) is 13.2. The first-order chi connectivity index (χ1) is 8.84. The van der Waals surface area contributed by atoms with E-state index < -0.39 is 11.4 Å². The Balaban J connectivity index is 2.56. The highest BCUT2D eigenvalue weighted by atomic mass is 79.9. The average Bonchev–Trinajstić information content (AvgIpc) is 2.36. The van der Waals surface area contributed by atoms with Crippen molar-refractivity contribution in [2.24, 2.45) is 5.73 Å². The molecule has 0 aliphatic rings. The van der Waals surface area contributed by atoms with Crippen LogP contribution in [0.4, 0.5) is 4.39 Å². The van der Waals surface area contributed by atoms with Crippen LogP contribution in [0.25, 0.3) is 0 Å². The van der Waals surface area contributed by atoms with E-state index in [-0.39, 0.29) is 5.02 Å². The molecule has 2 aromatic carbocycles. The normalized spacial score (nSPS) is 14.2. The third-order valence-corrected chi connectivity index (χ3v) is 4.55. The summed E-state index contributed by atoms with van der Waals surface area (Å²) in [6.07, 6.45) is 0. The Bertz CT molecular complexity index is 612. The predicted octanol–water partition coefficient (Wildman–Crippen LogP) is 5.12. The molecule has 0 aliphatic carbocycles. The monoisotopic (exact) mass is 361 g/mol. The smallest absolute Gasteiger partial charge is 0.148 e. The largest absolute Gasteiger partial charge is 0.318 e. The van der Waals surface area contributed by atoms with E-state index in [1.54, 1.807) is 43.3 Å². The van der Waals surface area contributed by atoms with Gasteiger partial charge in [0.2, 0.25) is 0 Å². The molecule has 0 spiro atoms. The Morgan fingerprint density at radius 3 is 2.26 bits per heavy atom. The maximum atomic E-state index is 14.3. The topological polar surface area (TPSA) is 26.0 Å². The van der Waals surface area contributed by atoms with Crippen LogP contribution in [0, 0.1) is 5.82 Å². The van der Waals surface area contributed by atoms with Crippen molar-refractivity contribution >= 4 is 39.1 Å². The molecule has 0 fully saturated rings. The molecule has 100 valence electrons. The van der Waals surface area contributed by atoms with Crippen LogP contribution in [0.3, 0.4) is 0 Å². The minimum atomic E-state index is -0.987. The molecule has 2 aromatic rings. The predicted molar refractivity (Wildman–Crippen MR) is 81.2 cm³/mol. The van der Waals surface area contributed by atoms with Gasteiger partial charge in [-0.1, -0.05) is 41.4 Å². The Kier molecular flexibility index (Phi) is 4.21. The maximum absolute atomic E-state index is 14.3. The molecule has 1 nitrogen and oxygen atoms in total. The molecule has 0 saturated heterocycles. The number of nitrogens with two attached hydrogens (primary N) is 1. The Morgan fingerprint density at radius 1 is 1.11 bits per heavy atom. The molecule has 0 radical (unpaired) electrons. The lowest BCUT2D eigenvalue weighted by Gasteiger charge is -2.27. The number of hydrogen-bond acceptors (Lipinski definition) is 1. The third kappa shape index (κ3) is 2.79. The number of hydrogen-bond donors (Lipinski definition) is 1. The van der Waals surface area contributed by atoms with Crippen molar-refractivity contribution in [1.82, 2.24) is 0 Å². The van der Waals surface area contributed by atoms with Crippen LogP contribution in [0.15, 0.2) is 40.9 Å². The molecule has 0 bridgehead atoms. The van der Waals surface area contributed by atoms with E-state index in [1.807, 2.05) is 0 Å². The van der Waals surface area contributed by atoms with Gasteiger partial charge in [0.1, 0.15) is 5.82 Å². The van der Waals surface area contributed by atoms with Crippen LogP contribution in [-0.4, -0.2) is 0 Å². The summed E-state index contributed by atoms with van der Waals surface area (Å²) in [4.78, 5) is 0. The van der Waals surface area contributed by atoms with Crippen molar-refractivity contribution < 1.29 is 4.39 Å². The second-order valence-corrected chi connectivity index (χ2v) is 6.10. The molecule has 19 heavy (non-hydrogen) atoms. The van der Waals surface area contributed by atoms with E-state index in [1.165, 1.54) is 0 Å². The van der Waals surface area contributed by atoms with Crippen molar-refractivity contribution in [3.05, 3.63) is 67.9 Å². The van der Waals surface area contributed by atoms with Gasteiger partial charge in [-0.05, 0) is 46.6 Å². The first kappa shape index (κ1) is 14.8. The van der Waals surface area contributed by atoms with Crippen LogP contribution in [0.2, 0.25) is 10.0 Å². The number of rotatable bonds is 2. The SMILES string of the molecule is CC(N)(c1ccc(Cl)cc1)c1ccc(Br)c(Cl)c1F. The molecule has 5 heteroatoms. The zero-order chi connectivity index (χ0) is 14.2. The van der Waals surface area contributed by atoms with E-state index in [9.17, 15) is 4.39 Å². The Morgan fingerprint density at radius 2 is 1.68 bits per heavy atom. The van der Waals surface area contributed by atoms with E-state index in [2.05, 4.69) is 15.9 Å². The minimum Gasteiger partial charge on any atom is -0.318 e. The first-order valence-electron chi connectivity index (χ1n) is 5.53. The van der Waals surface area contributed by atoms with Crippen LogP contribution in [0.1, 0.15) is 18.1 Å². The zero-order valence-electron chi connectivity index (χ0n) is 10.1.